The minimum atomic E-state index is -0.219. The van der Waals surface area contributed by atoms with Gasteiger partial charge in [-0.25, -0.2) is 0 Å². The van der Waals surface area contributed by atoms with Crippen LogP contribution in [0.3, 0.4) is 0 Å². The van der Waals surface area contributed by atoms with Crippen LogP contribution in [0.5, 0.6) is 0 Å². The van der Waals surface area contributed by atoms with E-state index in [1.54, 1.807) is 13.8 Å². The fraction of sp³-hybridized carbons (Fsp3) is 0.895. The molecule has 4 bridgehead atoms. The third-order valence-corrected chi connectivity index (χ3v) is 7.75. The second kappa shape index (κ2) is 4.43. The van der Waals surface area contributed by atoms with Gasteiger partial charge in [0.1, 0.15) is 11.6 Å². The van der Waals surface area contributed by atoms with Crippen LogP contribution in [-0.2, 0) is 9.59 Å². The third kappa shape index (κ3) is 1.84. The number of rotatable bonds is 4. The summed E-state index contributed by atoms with van der Waals surface area (Å²) < 4.78 is 0. The Kier molecular flexibility index (Phi) is 3.26. The minimum absolute atomic E-state index is 0.0109. The lowest BCUT2D eigenvalue weighted by Crippen LogP contribution is -2.68. The number of Topliss-reactive ketones (excluding diaryl/α,β-unsaturated/α-hetero) is 2. The van der Waals surface area contributed by atoms with Crippen molar-refractivity contribution in [3.8, 4) is 0 Å². The highest BCUT2D eigenvalue weighted by atomic mass is 16.3. The van der Waals surface area contributed by atoms with E-state index >= 15 is 0 Å². The quantitative estimate of drug-likeness (QED) is 0.864. The smallest absolute Gasteiger partial charge is 0.136 e. The van der Waals surface area contributed by atoms with E-state index in [0.29, 0.717) is 17.0 Å². The van der Waals surface area contributed by atoms with Crippen LogP contribution in [0.4, 0.5) is 0 Å². The summed E-state index contributed by atoms with van der Waals surface area (Å²) >= 11 is 0. The van der Waals surface area contributed by atoms with Crippen LogP contribution in [-0.4, -0.2) is 22.8 Å². The number of aliphatic hydroxyl groups excluding tert-OH is 1. The minimum Gasteiger partial charge on any atom is -0.393 e. The lowest BCUT2D eigenvalue weighted by Gasteiger charge is -2.71. The standard InChI is InChI=1S/C10H16O.C9H14O2/c1-7(2)9-4-10(5-9,6-9)8(3)11;1-6(10)8-3-9(4-8,5-8)7(2)11/h7H,4-6H2,1-3H3;6,10H,3-5H2,1-2H3. The number of carbonyl (C=O) groups is 2. The molecule has 1 atom stereocenters. The average molecular weight is 306 g/mol. The monoisotopic (exact) mass is 306 g/mol. The maximum Gasteiger partial charge on any atom is 0.136 e. The van der Waals surface area contributed by atoms with Gasteiger partial charge in [-0.1, -0.05) is 13.8 Å². The molecule has 0 radical (unpaired) electrons. The van der Waals surface area contributed by atoms with Gasteiger partial charge in [-0.2, -0.15) is 0 Å². The molecule has 0 amide bonds. The van der Waals surface area contributed by atoms with E-state index in [-0.39, 0.29) is 22.3 Å². The molecule has 0 heterocycles. The second-order valence-electron chi connectivity index (χ2n) is 9.29. The van der Waals surface area contributed by atoms with E-state index in [1.807, 2.05) is 6.92 Å². The van der Waals surface area contributed by atoms with Crippen molar-refractivity contribution in [3.05, 3.63) is 0 Å². The van der Waals surface area contributed by atoms with Gasteiger partial charge in [0.05, 0.1) is 6.10 Å². The zero-order valence-corrected chi connectivity index (χ0v) is 14.7. The summed E-state index contributed by atoms with van der Waals surface area (Å²) in [5, 5.41) is 9.35. The van der Waals surface area contributed by atoms with Crippen LogP contribution in [0.1, 0.15) is 73.1 Å². The molecule has 6 fully saturated rings. The molecule has 6 aliphatic rings. The van der Waals surface area contributed by atoms with Crippen molar-refractivity contribution in [1.82, 2.24) is 0 Å². The first-order valence-electron chi connectivity index (χ1n) is 8.72. The fourth-order valence-corrected chi connectivity index (χ4v) is 5.54. The van der Waals surface area contributed by atoms with Crippen molar-refractivity contribution in [2.45, 2.75) is 79.2 Å². The van der Waals surface area contributed by atoms with Gasteiger partial charge < -0.3 is 5.11 Å². The van der Waals surface area contributed by atoms with Crippen LogP contribution < -0.4 is 0 Å². The first kappa shape index (κ1) is 16.2. The molecule has 0 aromatic rings. The predicted octanol–water partition coefficient (Wildman–Crippen LogP) is 3.53. The predicted molar refractivity (Wildman–Crippen MR) is 85.3 cm³/mol. The summed E-state index contributed by atoms with van der Waals surface area (Å²) in [6.07, 6.45) is 6.16. The molecule has 6 saturated carbocycles. The Bertz CT molecular complexity index is 441. The van der Waals surface area contributed by atoms with Crippen molar-refractivity contribution in [2.75, 3.05) is 0 Å². The van der Waals surface area contributed by atoms with Crippen molar-refractivity contribution in [1.29, 1.82) is 0 Å². The largest absolute Gasteiger partial charge is 0.393 e. The fourth-order valence-electron chi connectivity index (χ4n) is 5.54. The Balaban J connectivity index is 0.000000131. The summed E-state index contributed by atoms with van der Waals surface area (Å²) in [5.41, 5.74) is 0.915. The zero-order valence-electron chi connectivity index (χ0n) is 14.7. The molecule has 6 aliphatic carbocycles. The molecule has 3 nitrogen and oxygen atoms in total. The van der Waals surface area contributed by atoms with Crippen molar-refractivity contribution >= 4 is 11.6 Å². The van der Waals surface area contributed by atoms with E-state index in [0.717, 1.165) is 25.2 Å². The molecule has 22 heavy (non-hydrogen) atoms. The Morgan fingerprint density at radius 3 is 1.32 bits per heavy atom. The molecular weight excluding hydrogens is 276 g/mol. The summed E-state index contributed by atoms with van der Waals surface area (Å²) in [6.45, 7) is 9.82. The molecule has 0 saturated heterocycles. The highest BCUT2D eigenvalue weighted by Gasteiger charge is 2.72. The van der Waals surface area contributed by atoms with E-state index in [1.165, 1.54) is 19.3 Å². The van der Waals surface area contributed by atoms with Crippen molar-refractivity contribution < 1.29 is 14.7 Å². The number of aliphatic hydroxyl groups is 1. The van der Waals surface area contributed by atoms with Gasteiger partial charge >= 0.3 is 0 Å². The van der Waals surface area contributed by atoms with Gasteiger partial charge in [-0.3, -0.25) is 9.59 Å². The van der Waals surface area contributed by atoms with Gasteiger partial charge in [-0.05, 0) is 76.0 Å². The molecule has 1 unspecified atom stereocenters. The van der Waals surface area contributed by atoms with Crippen molar-refractivity contribution in [3.63, 3.8) is 0 Å². The zero-order chi connectivity index (χ0) is 16.6. The molecule has 1 N–H and O–H groups in total. The molecule has 6 rings (SSSR count). The molecule has 0 aromatic heterocycles. The first-order chi connectivity index (χ1) is 10.0. The Hall–Kier alpha value is -0.700. The van der Waals surface area contributed by atoms with E-state index in [9.17, 15) is 14.7 Å². The van der Waals surface area contributed by atoms with E-state index in [2.05, 4.69) is 13.8 Å². The van der Waals surface area contributed by atoms with Crippen LogP contribution in [0.15, 0.2) is 0 Å². The van der Waals surface area contributed by atoms with Crippen LogP contribution >= 0.6 is 0 Å². The van der Waals surface area contributed by atoms with Gasteiger partial charge in [-0.15, -0.1) is 0 Å². The van der Waals surface area contributed by atoms with Gasteiger partial charge in [0.25, 0.3) is 0 Å². The lowest BCUT2D eigenvalue weighted by molar-refractivity contribution is -0.239. The highest BCUT2D eigenvalue weighted by Crippen LogP contribution is 2.76. The number of ketones is 2. The Morgan fingerprint density at radius 1 is 0.773 bits per heavy atom. The number of hydrogen-bond donors (Lipinski definition) is 1. The van der Waals surface area contributed by atoms with Crippen LogP contribution in [0.25, 0.3) is 0 Å². The Labute approximate surface area is 133 Å². The van der Waals surface area contributed by atoms with Crippen molar-refractivity contribution in [2.24, 2.45) is 27.6 Å². The van der Waals surface area contributed by atoms with Crippen LogP contribution in [0.2, 0.25) is 0 Å². The SMILES string of the molecule is CC(=O)C12CC(C(C)C)(C1)C2.CC(=O)C12CC(C(C)O)(C1)C2. The number of carbonyl (C=O) groups excluding carboxylic acids is 2. The number of hydrogen-bond acceptors (Lipinski definition) is 3. The first-order valence-corrected chi connectivity index (χ1v) is 8.72. The summed E-state index contributed by atoms with van der Waals surface area (Å²) in [4.78, 5) is 22.2. The molecule has 0 aliphatic heterocycles. The van der Waals surface area contributed by atoms with Gasteiger partial charge in [0, 0.05) is 10.8 Å². The maximum atomic E-state index is 11.2. The summed E-state index contributed by atoms with van der Waals surface area (Å²) in [7, 11) is 0. The van der Waals surface area contributed by atoms with Gasteiger partial charge in [0.2, 0.25) is 0 Å². The topological polar surface area (TPSA) is 54.4 Å². The average Bonchev–Trinajstić information content (AvgIpc) is 2.04. The summed E-state index contributed by atoms with van der Waals surface area (Å²) in [6, 6.07) is 0. The lowest BCUT2D eigenvalue weighted by atomic mass is 9.31. The van der Waals surface area contributed by atoms with E-state index < -0.39 is 0 Å². The van der Waals surface area contributed by atoms with Crippen LogP contribution in [0, 0.1) is 27.6 Å². The molecule has 124 valence electrons. The molecule has 0 aromatic carbocycles. The maximum absolute atomic E-state index is 11.2. The molecule has 3 heteroatoms. The third-order valence-electron chi connectivity index (χ3n) is 7.75. The second-order valence-corrected chi connectivity index (χ2v) is 9.29. The highest BCUT2D eigenvalue weighted by molar-refractivity contribution is 5.86. The Morgan fingerprint density at radius 2 is 1.09 bits per heavy atom. The normalized spacial score (nSPS) is 47.8. The summed E-state index contributed by atoms with van der Waals surface area (Å²) in [5.74, 6) is 1.53. The van der Waals surface area contributed by atoms with E-state index in [4.69, 9.17) is 0 Å². The van der Waals surface area contributed by atoms with Gasteiger partial charge in [0.15, 0.2) is 0 Å². The molecule has 0 spiro atoms. The molecular formula is C19H30O3.